The Kier molecular flexibility index (Phi) is 7.32. The van der Waals surface area contributed by atoms with Crippen molar-refractivity contribution >= 4 is 23.2 Å². The topological polar surface area (TPSA) is 77.5 Å². The molecular weight excluding hydrogens is 439 g/mol. The van der Waals surface area contributed by atoms with E-state index in [9.17, 15) is 5.26 Å². The van der Waals surface area contributed by atoms with Crippen LogP contribution >= 0.6 is 23.2 Å². The number of halogens is 2. The molecule has 2 aromatic carbocycles. The van der Waals surface area contributed by atoms with Crippen molar-refractivity contribution in [2.24, 2.45) is 0 Å². The summed E-state index contributed by atoms with van der Waals surface area (Å²) in [4.78, 5) is 3.95. The Balaban J connectivity index is 1.78. The molecule has 31 heavy (non-hydrogen) atoms. The SMILES string of the molecule is COc1ncc(COc2ccc(C(C)(C)c3cc(Cl)c(OCCCl)c(C#N)c3)cc2)o1. The van der Waals surface area contributed by atoms with Gasteiger partial charge in [0.2, 0.25) is 0 Å². The van der Waals surface area contributed by atoms with Gasteiger partial charge in [0.25, 0.3) is 0 Å². The van der Waals surface area contributed by atoms with Crippen LogP contribution in [0.1, 0.15) is 36.3 Å². The predicted octanol–water partition coefficient (Wildman–Crippen LogP) is 5.73. The molecule has 0 unspecified atom stereocenters. The van der Waals surface area contributed by atoms with Crippen LogP contribution in [0.15, 0.2) is 47.0 Å². The second-order valence-corrected chi connectivity index (χ2v) is 8.00. The van der Waals surface area contributed by atoms with Crippen LogP contribution in [0.2, 0.25) is 5.02 Å². The molecule has 6 nitrogen and oxygen atoms in total. The number of nitrogens with zero attached hydrogens (tertiary/aromatic N) is 2. The first-order chi connectivity index (χ1) is 14.9. The van der Waals surface area contributed by atoms with E-state index in [-0.39, 0.29) is 19.3 Å². The van der Waals surface area contributed by atoms with Crippen molar-refractivity contribution < 1.29 is 18.6 Å². The van der Waals surface area contributed by atoms with Gasteiger partial charge in [0.1, 0.15) is 25.0 Å². The monoisotopic (exact) mass is 460 g/mol. The third-order valence-electron chi connectivity index (χ3n) is 4.87. The average molecular weight is 461 g/mol. The zero-order chi connectivity index (χ0) is 22.4. The molecule has 0 fully saturated rings. The molecule has 162 valence electrons. The smallest absolute Gasteiger partial charge is 0.393 e. The summed E-state index contributed by atoms with van der Waals surface area (Å²) in [6.45, 7) is 4.65. The third-order valence-corrected chi connectivity index (χ3v) is 5.31. The highest BCUT2D eigenvalue weighted by molar-refractivity contribution is 6.32. The van der Waals surface area contributed by atoms with Gasteiger partial charge < -0.3 is 18.6 Å². The summed E-state index contributed by atoms with van der Waals surface area (Å²) < 4.78 is 21.6. The summed E-state index contributed by atoms with van der Waals surface area (Å²) >= 11 is 12.1. The number of oxazole rings is 1. The molecule has 1 aromatic heterocycles. The quantitative estimate of drug-likeness (QED) is 0.379. The van der Waals surface area contributed by atoms with E-state index < -0.39 is 5.41 Å². The summed E-state index contributed by atoms with van der Waals surface area (Å²) in [5, 5.41) is 9.94. The van der Waals surface area contributed by atoms with E-state index >= 15 is 0 Å². The summed E-state index contributed by atoms with van der Waals surface area (Å²) in [6, 6.07) is 13.5. The van der Waals surface area contributed by atoms with Gasteiger partial charge in [0.15, 0.2) is 11.5 Å². The fourth-order valence-electron chi connectivity index (χ4n) is 3.06. The van der Waals surface area contributed by atoms with Gasteiger partial charge in [-0.3, -0.25) is 0 Å². The molecule has 0 atom stereocenters. The number of hydrogen-bond acceptors (Lipinski definition) is 6. The van der Waals surface area contributed by atoms with Crippen LogP contribution in [-0.2, 0) is 12.0 Å². The number of methoxy groups -OCH3 is 1. The van der Waals surface area contributed by atoms with Crippen LogP contribution in [0.3, 0.4) is 0 Å². The minimum absolute atomic E-state index is 0.199. The van der Waals surface area contributed by atoms with Crippen LogP contribution in [-0.4, -0.2) is 24.6 Å². The Morgan fingerprint density at radius 2 is 1.87 bits per heavy atom. The molecular formula is C23H22Cl2N2O4. The number of aromatic nitrogens is 1. The van der Waals surface area contributed by atoms with Crippen LogP contribution in [0, 0.1) is 11.3 Å². The van der Waals surface area contributed by atoms with Crippen molar-refractivity contribution in [1.82, 2.24) is 4.98 Å². The van der Waals surface area contributed by atoms with Crippen molar-refractivity contribution in [3.8, 4) is 23.6 Å². The second-order valence-electron chi connectivity index (χ2n) is 7.22. The van der Waals surface area contributed by atoms with E-state index in [0.29, 0.717) is 33.7 Å². The molecule has 0 aliphatic carbocycles. The van der Waals surface area contributed by atoms with Crippen LogP contribution in [0.25, 0.3) is 0 Å². The van der Waals surface area contributed by atoms with Gasteiger partial charge in [-0.15, -0.1) is 11.6 Å². The first kappa shape index (κ1) is 22.8. The Labute approximate surface area is 191 Å². The molecule has 8 heteroatoms. The minimum Gasteiger partial charge on any atom is -0.489 e. The number of ether oxygens (including phenoxy) is 3. The van der Waals surface area contributed by atoms with Gasteiger partial charge in [-0.05, 0) is 35.4 Å². The Morgan fingerprint density at radius 3 is 2.48 bits per heavy atom. The van der Waals surface area contributed by atoms with Crippen molar-refractivity contribution in [2.75, 3.05) is 19.6 Å². The van der Waals surface area contributed by atoms with Gasteiger partial charge in [0, 0.05) is 5.41 Å². The first-order valence-corrected chi connectivity index (χ1v) is 10.4. The molecule has 3 aromatic rings. The van der Waals surface area contributed by atoms with E-state index in [1.54, 1.807) is 12.3 Å². The van der Waals surface area contributed by atoms with Gasteiger partial charge in [-0.25, -0.2) is 0 Å². The highest BCUT2D eigenvalue weighted by Gasteiger charge is 2.26. The van der Waals surface area contributed by atoms with Gasteiger partial charge in [-0.2, -0.15) is 10.2 Å². The van der Waals surface area contributed by atoms with Crippen molar-refractivity contribution in [2.45, 2.75) is 25.9 Å². The van der Waals surface area contributed by atoms with Crippen molar-refractivity contribution in [1.29, 1.82) is 5.26 Å². The van der Waals surface area contributed by atoms with E-state index in [4.69, 9.17) is 41.8 Å². The van der Waals surface area contributed by atoms with E-state index in [1.165, 1.54) is 7.11 Å². The summed E-state index contributed by atoms with van der Waals surface area (Å²) in [6.07, 6.45) is 1.76. The maximum Gasteiger partial charge on any atom is 0.393 e. The lowest BCUT2D eigenvalue weighted by molar-refractivity contribution is 0.235. The third kappa shape index (κ3) is 5.25. The van der Waals surface area contributed by atoms with E-state index in [0.717, 1.165) is 11.1 Å². The lowest BCUT2D eigenvalue weighted by Crippen LogP contribution is -2.19. The maximum absolute atomic E-state index is 9.55. The molecule has 1 heterocycles. The zero-order valence-electron chi connectivity index (χ0n) is 17.4. The highest BCUT2D eigenvalue weighted by Crippen LogP contribution is 2.38. The standard InChI is InChI=1S/C23H22Cl2N2O4/c1-23(2,17-10-15(12-26)21(20(25)11-17)29-9-8-24)16-4-6-18(7-5-16)30-14-19-13-27-22(28-3)31-19/h4-7,10-11,13H,8-9,14H2,1-3H3. The summed E-state index contributed by atoms with van der Waals surface area (Å²) in [7, 11) is 1.49. The number of nitriles is 1. The number of hydrogen-bond donors (Lipinski definition) is 0. The molecule has 0 amide bonds. The van der Waals surface area contributed by atoms with Crippen LogP contribution < -0.4 is 14.2 Å². The summed E-state index contributed by atoms with van der Waals surface area (Å²) in [5.41, 5.74) is 1.91. The minimum atomic E-state index is -0.406. The first-order valence-electron chi connectivity index (χ1n) is 9.54. The normalized spacial score (nSPS) is 11.1. The fourth-order valence-corrected chi connectivity index (χ4v) is 3.42. The molecule has 0 spiro atoms. The molecule has 0 aliphatic rings. The van der Waals surface area contributed by atoms with Gasteiger partial charge in [0.05, 0.1) is 29.8 Å². The van der Waals surface area contributed by atoms with E-state index in [2.05, 4.69) is 24.9 Å². The Morgan fingerprint density at radius 1 is 1.13 bits per heavy atom. The van der Waals surface area contributed by atoms with E-state index in [1.807, 2.05) is 30.3 Å². The largest absolute Gasteiger partial charge is 0.489 e. The van der Waals surface area contributed by atoms with Crippen LogP contribution in [0.4, 0.5) is 0 Å². The number of alkyl halides is 1. The van der Waals surface area contributed by atoms with Crippen molar-refractivity contribution in [3.05, 3.63) is 70.1 Å². The Hall–Kier alpha value is -2.88. The molecule has 3 rings (SSSR count). The van der Waals surface area contributed by atoms with Gasteiger partial charge >= 0.3 is 6.08 Å². The molecule has 0 saturated carbocycles. The predicted molar refractivity (Wildman–Crippen MR) is 118 cm³/mol. The lowest BCUT2D eigenvalue weighted by atomic mass is 9.77. The lowest BCUT2D eigenvalue weighted by Gasteiger charge is -2.27. The van der Waals surface area contributed by atoms with Crippen molar-refractivity contribution in [3.63, 3.8) is 0 Å². The Bertz CT molecular complexity index is 1070. The summed E-state index contributed by atoms with van der Waals surface area (Å²) in [5.74, 6) is 1.93. The molecule has 0 bridgehead atoms. The average Bonchev–Trinajstić information content (AvgIpc) is 3.24. The highest BCUT2D eigenvalue weighted by atomic mass is 35.5. The number of benzene rings is 2. The van der Waals surface area contributed by atoms with Gasteiger partial charge in [-0.1, -0.05) is 37.6 Å². The molecule has 0 aliphatic heterocycles. The number of rotatable bonds is 9. The second kappa shape index (κ2) is 9.95. The fraction of sp³-hybridized carbons (Fsp3) is 0.304. The molecule has 0 N–H and O–H groups in total. The molecule has 0 radical (unpaired) electrons. The molecule has 0 saturated heterocycles. The maximum atomic E-state index is 9.55. The van der Waals surface area contributed by atoms with Crippen LogP contribution in [0.5, 0.6) is 17.6 Å². The zero-order valence-corrected chi connectivity index (χ0v) is 19.0.